The van der Waals surface area contributed by atoms with Crippen molar-refractivity contribution in [3.63, 3.8) is 0 Å². The molecule has 0 fully saturated rings. The SMILES string of the molecule is C=C(C)C(=O)OC(CO)C(CCC[Si](C)(O[Si](C)(C)C)O[Si](C)(C)C)OC(=O)C(=C)C. The average molecular weight is 491 g/mol. The molecule has 0 saturated heterocycles. The predicted molar refractivity (Wildman–Crippen MR) is 131 cm³/mol. The maximum absolute atomic E-state index is 12.1. The molecular formula is C21H42O7Si3. The summed E-state index contributed by atoms with van der Waals surface area (Å²) in [7, 11) is -6.12. The summed E-state index contributed by atoms with van der Waals surface area (Å²) < 4.78 is 23.8. The molecule has 2 unspecified atom stereocenters. The molecule has 0 bridgehead atoms. The third-order valence-corrected chi connectivity index (χ3v) is 13.6. The Balaban J connectivity index is 5.47. The van der Waals surface area contributed by atoms with Crippen LogP contribution in [0.2, 0.25) is 51.9 Å². The van der Waals surface area contributed by atoms with E-state index in [2.05, 4.69) is 59.0 Å². The smallest absolute Gasteiger partial charge is 0.333 e. The van der Waals surface area contributed by atoms with Crippen molar-refractivity contribution in [3.05, 3.63) is 24.3 Å². The van der Waals surface area contributed by atoms with Crippen LogP contribution in [0.25, 0.3) is 0 Å². The van der Waals surface area contributed by atoms with Gasteiger partial charge < -0.3 is 22.8 Å². The average Bonchev–Trinajstić information content (AvgIpc) is 2.54. The lowest BCUT2D eigenvalue weighted by Crippen LogP contribution is -2.52. The third kappa shape index (κ3) is 13.2. The van der Waals surface area contributed by atoms with Gasteiger partial charge in [0.2, 0.25) is 0 Å². The zero-order chi connectivity index (χ0) is 24.6. The van der Waals surface area contributed by atoms with E-state index in [0.717, 1.165) is 0 Å². The van der Waals surface area contributed by atoms with Crippen LogP contribution in [0.15, 0.2) is 24.3 Å². The first-order valence-corrected chi connectivity index (χ1v) is 20.0. The van der Waals surface area contributed by atoms with E-state index >= 15 is 0 Å². The molecule has 10 heteroatoms. The molecule has 7 nitrogen and oxygen atoms in total. The van der Waals surface area contributed by atoms with Crippen LogP contribution in [-0.4, -0.2) is 61.1 Å². The van der Waals surface area contributed by atoms with Gasteiger partial charge in [-0.1, -0.05) is 13.2 Å². The monoisotopic (exact) mass is 490 g/mol. The van der Waals surface area contributed by atoms with Gasteiger partial charge in [0.1, 0.15) is 6.10 Å². The first-order valence-electron chi connectivity index (χ1n) is 10.6. The number of aliphatic hydroxyl groups excluding tert-OH is 1. The molecule has 0 heterocycles. The number of ether oxygens (including phenoxy) is 2. The van der Waals surface area contributed by atoms with Crippen molar-refractivity contribution >= 4 is 37.1 Å². The van der Waals surface area contributed by atoms with Crippen LogP contribution in [0.5, 0.6) is 0 Å². The molecule has 0 saturated carbocycles. The van der Waals surface area contributed by atoms with Crippen LogP contribution >= 0.6 is 0 Å². The molecule has 2 atom stereocenters. The van der Waals surface area contributed by atoms with Crippen molar-refractivity contribution < 1.29 is 32.4 Å². The summed E-state index contributed by atoms with van der Waals surface area (Å²) in [5, 5.41) is 9.79. The van der Waals surface area contributed by atoms with Gasteiger partial charge in [-0.05, 0) is 78.6 Å². The molecule has 1 N–H and O–H groups in total. The number of carbonyl (C=O) groups excluding carboxylic acids is 2. The predicted octanol–water partition coefficient (Wildman–Crippen LogP) is 4.51. The van der Waals surface area contributed by atoms with Crippen LogP contribution in [0.4, 0.5) is 0 Å². The second kappa shape index (κ2) is 12.3. The summed E-state index contributed by atoms with van der Waals surface area (Å²) in [5.74, 6) is -1.23. The van der Waals surface area contributed by atoms with Gasteiger partial charge in [-0.3, -0.25) is 0 Å². The number of aliphatic hydroxyl groups is 1. The van der Waals surface area contributed by atoms with Gasteiger partial charge in [-0.2, -0.15) is 0 Å². The molecular weight excluding hydrogens is 448 g/mol. The minimum absolute atomic E-state index is 0.204. The first kappa shape index (κ1) is 30.0. The third-order valence-electron chi connectivity index (χ3n) is 3.97. The highest BCUT2D eigenvalue weighted by molar-refractivity contribution is 6.87. The number of carbonyl (C=O) groups is 2. The van der Waals surface area contributed by atoms with Crippen molar-refractivity contribution in [2.75, 3.05) is 6.61 Å². The summed E-state index contributed by atoms with van der Waals surface area (Å²) in [4.78, 5) is 24.1. The topological polar surface area (TPSA) is 91.3 Å². The van der Waals surface area contributed by atoms with Crippen molar-refractivity contribution in [1.82, 2.24) is 0 Å². The Hall–Kier alpha value is -1.05. The van der Waals surface area contributed by atoms with Crippen molar-refractivity contribution in [1.29, 1.82) is 0 Å². The molecule has 0 amide bonds. The Morgan fingerprint density at radius 3 is 1.52 bits per heavy atom. The molecule has 0 aromatic heterocycles. The van der Waals surface area contributed by atoms with Gasteiger partial charge in [-0.25, -0.2) is 9.59 Å². The van der Waals surface area contributed by atoms with E-state index in [0.29, 0.717) is 18.9 Å². The molecule has 0 aliphatic rings. The Kier molecular flexibility index (Phi) is 11.8. The molecule has 0 radical (unpaired) electrons. The molecule has 0 aliphatic carbocycles. The number of esters is 2. The summed E-state index contributed by atoms with van der Waals surface area (Å²) in [6.45, 7) is 24.7. The molecule has 31 heavy (non-hydrogen) atoms. The molecule has 180 valence electrons. The molecule has 0 aromatic carbocycles. The van der Waals surface area contributed by atoms with E-state index in [4.69, 9.17) is 17.7 Å². The van der Waals surface area contributed by atoms with Gasteiger partial charge in [0.05, 0.1) is 6.61 Å². The minimum Gasteiger partial charge on any atom is -0.455 e. The van der Waals surface area contributed by atoms with Crippen LogP contribution < -0.4 is 0 Å². The standard InChI is InChI=1S/C21H42O7Si3/c1-16(2)20(23)25-18(19(15-22)26-21(24)17(3)4)13-12-14-31(11,27-29(5,6)7)28-30(8,9)10/h18-19,22H,1,3,12-15H2,2,4-11H3. The highest BCUT2D eigenvalue weighted by atomic mass is 28.5. The summed E-state index contributed by atoms with van der Waals surface area (Å²) in [6.07, 6.45) is -0.779. The lowest BCUT2D eigenvalue weighted by Gasteiger charge is -2.38. The summed E-state index contributed by atoms with van der Waals surface area (Å²) in [6, 6.07) is 0.704. The van der Waals surface area contributed by atoms with E-state index in [1.807, 2.05) is 0 Å². The van der Waals surface area contributed by atoms with E-state index in [9.17, 15) is 14.7 Å². The van der Waals surface area contributed by atoms with Gasteiger partial charge in [0, 0.05) is 11.1 Å². The Morgan fingerprint density at radius 1 is 0.806 bits per heavy atom. The zero-order valence-corrected chi connectivity index (χ0v) is 23.8. The number of hydrogen-bond donors (Lipinski definition) is 1. The fraction of sp³-hybridized carbons (Fsp3) is 0.714. The maximum atomic E-state index is 12.1. The Labute approximate surface area is 191 Å². The van der Waals surface area contributed by atoms with E-state index in [-0.39, 0.29) is 11.1 Å². The quantitative estimate of drug-likeness (QED) is 0.218. The maximum Gasteiger partial charge on any atom is 0.333 e. The zero-order valence-electron chi connectivity index (χ0n) is 20.8. The van der Waals surface area contributed by atoms with Crippen LogP contribution in [0, 0.1) is 0 Å². The van der Waals surface area contributed by atoms with E-state index in [1.165, 1.54) is 6.92 Å². The fourth-order valence-electron chi connectivity index (χ4n) is 3.07. The van der Waals surface area contributed by atoms with Gasteiger partial charge >= 0.3 is 20.5 Å². The first-order chi connectivity index (χ1) is 13.9. The van der Waals surface area contributed by atoms with Crippen LogP contribution in [-0.2, 0) is 27.3 Å². The summed E-state index contributed by atoms with van der Waals surface area (Å²) in [5.41, 5.74) is 0.437. The Morgan fingerprint density at radius 2 is 1.19 bits per heavy atom. The molecule has 0 aliphatic heterocycles. The number of rotatable bonds is 14. The van der Waals surface area contributed by atoms with E-state index < -0.39 is 55.9 Å². The highest BCUT2D eigenvalue weighted by Gasteiger charge is 2.40. The molecule has 0 aromatic rings. The van der Waals surface area contributed by atoms with Crippen LogP contribution in [0.3, 0.4) is 0 Å². The minimum atomic E-state index is -2.46. The summed E-state index contributed by atoms with van der Waals surface area (Å²) >= 11 is 0. The number of hydrogen-bond acceptors (Lipinski definition) is 7. The van der Waals surface area contributed by atoms with Gasteiger partial charge in [0.25, 0.3) is 0 Å². The molecule has 0 rings (SSSR count). The molecule has 0 spiro atoms. The Bertz CT molecular complexity index is 634. The van der Waals surface area contributed by atoms with Crippen LogP contribution in [0.1, 0.15) is 26.7 Å². The highest BCUT2D eigenvalue weighted by Crippen LogP contribution is 2.27. The lowest BCUT2D eigenvalue weighted by molar-refractivity contribution is -0.166. The normalized spacial score (nSPS) is 14.5. The lowest BCUT2D eigenvalue weighted by atomic mass is 10.1. The van der Waals surface area contributed by atoms with Crippen molar-refractivity contribution in [2.45, 2.75) is 90.8 Å². The van der Waals surface area contributed by atoms with Crippen molar-refractivity contribution in [3.8, 4) is 0 Å². The van der Waals surface area contributed by atoms with Gasteiger partial charge in [0.15, 0.2) is 22.7 Å². The van der Waals surface area contributed by atoms with Crippen molar-refractivity contribution in [2.24, 2.45) is 0 Å². The second-order valence-corrected chi connectivity index (χ2v) is 22.9. The second-order valence-electron chi connectivity index (χ2n) is 10.1. The van der Waals surface area contributed by atoms with Gasteiger partial charge in [-0.15, -0.1) is 0 Å². The largest absolute Gasteiger partial charge is 0.455 e. The van der Waals surface area contributed by atoms with E-state index in [1.54, 1.807) is 6.92 Å². The fourth-order valence-corrected chi connectivity index (χ4v) is 15.6.